The molecular weight excluding hydrogens is 428 g/mol. The minimum absolute atomic E-state index is 0.0265. The predicted octanol–water partition coefficient (Wildman–Crippen LogP) is 1.68. The van der Waals surface area contributed by atoms with Crippen LogP contribution in [0.2, 0.25) is 0 Å². The largest absolute Gasteiger partial charge is 0.482 e. The van der Waals surface area contributed by atoms with Crippen LogP contribution in [0.15, 0.2) is 30.7 Å². The minimum Gasteiger partial charge on any atom is -0.482 e. The zero-order valence-corrected chi connectivity index (χ0v) is 17.8. The molecule has 0 radical (unpaired) electrons. The summed E-state index contributed by atoms with van der Waals surface area (Å²) in [4.78, 5) is 45.7. The summed E-state index contributed by atoms with van der Waals surface area (Å²) in [6, 6.07) is 5.19. The topological polar surface area (TPSA) is 158 Å². The molecule has 2 amide bonds. The van der Waals surface area contributed by atoms with Gasteiger partial charge in [-0.1, -0.05) is 12.5 Å². The molecule has 172 valence electrons. The molecule has 11 nitrogen and oxygen atoms in total. The van der Waals surface area contributed by atoms with E-state index in [9.17, 15) is 14.4 Å². The van der Waals surface area contributed by atoms with Gasteiger partial charge >= 0.3 is 5.97 Å². The monoisotopic (exact) mass is 452 g/mol. The fourth-order valence-electron chi connectivity index (χ4n) is 3.58. The lowest BCUT2D eigenvalue weighted by atomic mass is 10.1. The van der Waals surface area contributed by atoms with Crippen LogP contribution in [0.25, 0.3) is 11.0 Å². The Balaban J connectivity index is 0.000000376. The number of benzene rings is 1. The Kier molecular flexibility index (Phi) is 6.79. The highest BCUT2D eigenvalue weighted by Gasteiger charge is 2.20. The molecule has 4 heterocycles. The number of ether oxygens (including phenoxy) is 1. The van der Waals surface area contributed by atoms with Crippen LogP contribution in [-0.4, -0.2) is 57.5 Å². The lowest BCUT2D eigenvalue weighted by Crippen LogP contribution is -2.26. The van der Waals surface area contributed by atoms with Crippen LogP contribution in [0.4, 0.5) is 5.69 Å². The smallest absolute Gasteiger partial charge is 0.339 e. The molecular formula is C22H24N6O5. The standard InChI is InChI=1S/C17H13N5O5.C5H11N/c23-12-6-27-11-2-1-8(3-10(11)22-12)4-19-16(24)15-14-13(20-7-21-15)9(5-18-14)17(25)26;1-2-4-6-5-3-1/h1-3,5,7,18H,4,6H2,(H,19,24)(H,22,23)(H,25,26);6H,1-5H2. The molecule has 2 aliphatic rings. The highest BCUT2D eigenvalue weighted by Crippen LogP contribution is 2.28. The summed E-state index contributed by atoms with van der Waals surface area (Å²) in [5.41, 5.74) is 1.71. The quantitative estimate of drug-likeness (QED) is 0.400. The Hall–Kier alpha value is -3.99. The van der Waals surface area contributed by atoms with E-state index >= 15 is 0 Å². The van der Waals surface area contributed by atoms with Gasteiger partial charge in [-0.2, -0.15) is 0 Å². The molecule has 0 saturated carbocycles. The van der Waals surface area contributed by atoms with Crippen LogP contribution >= 0.6 is 0 Å². The van der Waals surface area contributed by atoms with E-state index in [1.54, 1.807) is 18.2 Å². The van der Waals surface area contributed by atoms with E-state index in [4.69, 9.17) is 9.84 Å². The zero-order chi connectivity index (χ0) is 23.2. The summed E-state index contributed by atoms with van der Waals surface area (Å²) in [6.45, 7) is 2.65. The number of H-pyrrole nitrogens is 1. The number of carboxylic acid groups (broad SMARTS) is 1. The number of carbonyl (C=O) groups is 3. The maximum atomic E-state index is 12.5. The Morgan fingerprint density at radius 2 is 1.97 bits per heavy atom. The van der Waals surface area contributed by atoms with Crippen LogP contribution < -0.4 is 20.7 Å². The number of rotatable bonds is 4. The van der Waals surface area contributed by atoms with Gasteiger partial charge in [0.2, 0.25) is 0 Å². The van der Waals surface area contributed by atoms with Gasteiger partial charge in [0, 0.05) is 12.7 Å². The van der Waals surface area contributed by atoms with Gasteiger partial charge in [0.15, 0.2) is 12.3 Å². The highest BCUT2D eigenvalue weighted by molar-refractivity contribution is 6.08. The van der Waals surface area contributed by atoms with Gasteiger partial charge in [0.05, 0.1) is 11.2 Å². The van der Waals surface area contributed by atoms with Crippen LogP contribution in [-0.2, 0) is 11.3 Å². The van der Waals surface area contributed by atoms with Gasteiger partial charge in [-0.25, -0.2) is 14.8 Å². The SMILES string of the molecule is C1CCNCC1.O=C1COc2ccc(CNC(=O)c3ncnc4c(C(=O)O)c[nH]c34)cc2N1. The number of aromatic carboxylic acids is 1. The first kappa shape index (κ1) is 22.2. The van der Waals surface area contributed by atoms with Crippen molar-refractivity contribution >= 4 is 34.5 Å². The average molecular weight is 452 g/mol. The zero-order valence-electron chi connectivity index (χ0n) is 17.8. The van der Waals surface area contributed by atoms with E-state index in [0.29, 0.717) is 11.4 Å². The fourth-order valence-corrected chi connectivity index (χ4v) is 3.58. The molecule has 0 unspecified atom stereocenters. The summed E-state index contributed by atoms with van der Waals surface area (Å²) in [5.74, 6) is -1.31. The van der Waals surface area contributed by atoms with E-state index < -0.39 is 11.9 Å². The van der Waals surface area contributed by atoms with E-state index in [1.165, 1.54) is 38.5 Å². The second kappa shape index (κ2) is 10.1. The van der Waals surface area contributed by atoms with Crippen LogP contribution in [0, 0.1) is 0 Å². The molecule has 1 saturated heterocycles. The summed E-state index contributed by atoms with van der Waals surface area (Å²) in [6.07, 6.45) is 6.63. The highest BCUT2D eigenvalue weighted by atomic mass is 16.5. The van der Waals surface area contributed by atoms with Crippen molar-refractivity contribution in [2.75, 3.05) is 25.0 Å². The second-order valence-corrected chi connectivity index (χ2v) is 7.61. The van der Waals surface area contributed by atoms with Gasteiger partial charge in [-0.05, 0) is 43.6 Å². The van der Waals surface area contributed by atoms with Gasteiger partial charge in [-0.15, -0.1) is 0 Å². The predicted molar refractivity (Wildman–Crippen MR) is 119 cm³/mol. The van der Waals surface area contributed by atoms with E-state index in [-0.39, 0.29) is 41.3 Å². The molecule has 0 bridgehead atoms. The third-order valence-electron chi connectivity index (χ3n) is 5.25. The van der Waals surface area contributed by atoms with Crippen molar-refractivity contribution in [3.63, 3.8) is 0 Å². The molecule has 3 aromatic rings. The van der Waals surface area contributed by atoms with E-state index in [1.807, 2.05) is 0 Å². The third-order valence-corrected chi connectivity index (χ3v) is 5.25. The number of anilines is 1. The first-order valence-electron chi connectivity index (χ1n) is 10.6. The number of nitrogens with zero attached hydrogens (tertiary/aromatic N) is 2. The lowest BCUT2D eigenvalue weighted by Gasteiger charge is -2.18. The number of hydrogen-bond donors (Lipinski definition) is 5. The van der Waals surface area contributed by atoms with E-state index in [0.717, 1.165) is 11.9 Å². The summed E-state index contributed by atoms with van der Waals surface area (Å²) >= 11 is 0. The summed E-state index contributed by atoms with van der Waals surface area (Å²) < 4.78 is 5.29. The van der Waals surface area contributed by atoms with Crippen molar-refractivity contribution in [3.05, 3.63) is 47.5 Å². The van der Waals surface area contributed by atoms with Crippen molar-refractivity contribution in [3.8, 4) is 5.75 Å². The summed E-state index contributed by atoms with van der Waals surface area (Å²) in [5, 5.41) is 17.8. The number of amides is 2. The number of aromatic amines is 1. The second-order valence-electron chi connectivity index (χ2n) is 7.61. The number of carbonyl (C=O) groups excluding carboxylic acids is 2. The Labute approximate surface area is 189 Å². The van der Waals surface area contributed by atoms with Crippen molar-refractivity contribution in [2.45, 2.75) is 25.8 Å². The molecule has 5 rings (SSSR count). The van der Waals surface area contributed by atoms with Crippen LogP contribution in [0.5, 0.6) is 5.75 Å². The number of aromatic nitrogens is 3. The first-order valence-corrected chi connectivity index (χ1v) is 10.6. The first-order chi connectivity index (χ1) is 16.0. The molecule has 1 aromatic carbocycles. The van der Waals surface area contributed by atoms with Gasteiger partial charge in [0.1, 0.15) is 23.2 Å². The molecule has 11 heteroatoms. The van der Waals surface area contributed by atoms with Gasteiger partial charge in [0.25, 0.3) is 11.8 Å². The van der Waals surface area contributed by atoms with Crippen LogP contribution in [0.1, 0.15) is 45.7 Å². The maximum Gasteiger partial charge on any atom is 0.339 e. The Morgan fingerprint density at radius 3 is 2.67 bits per heavy atom. The van der Waals surface area contributed by atoms with Gasteiger partial charge in [-0.3, -0.25) is 9.59 Å². The minimum atomic E-state index is -1.15. The van der Waals surface area contributed by atoms with Crippen molar-refractivity contribution in [1.29, 1.82) is 0 Å². The Morgan fingerprint density at radius 1 is 1.15 bits per heavy atom. The molecule has 0 aliphatic carbocycles. The number of piperidine rings is 1. The van der Waals surface area contributed by atoms with E-state index in [2.05, 4.69) is 30.9 Å². The molecule has 33 heavy (non-hydrogen) atoms. The Bertz CT molecular complexity index is 1180. The van der Waals surface area contributed by atoms with Crippen molar-refractivity contribution < 1.29 is 24.2 Å². The number of hydrogen-bond acceptors (Lipinski definition) is 7. The normalized spacial score (nSPS) is 14.8. The molecule has 0 spiro atoms. The molecule has 5 N–H and O–H groups in total. The lowest BCUT2D eigenvalue weighted by molar-refractivity contribution is -0.118. The molecule has 2 aliphatic heterocycles. The van der Waals surface area contributed by atoms with Crippen molar-refractivity contribution in [2.24, 2.45) is 0 Å². The molecule has 1 fully saturated rings. The maximum absolute atomic E-state index is 12.5. The fraction of sp³-hybridized carbons (Fsp3) is 0.318. The number of carboxylic acids is 1. The molecule has 2 aromatic heterocycles. The third kappa shape index (κ3) is 5.26. The van der Waals surface area contributed by atoms with Crippen LogP contribution in [0.3, 0.4) is 0 Å². The van der Waals surface area contributed by atoms with Crippen molar-refractivity contribution in [1.82, 2.24) is 25.6 Å². The summed E-state index contributed by atoms with van der Waals surface area (Å²) in [7, 11) is 0. The molecule has 0 atom stereocenters. The number of fused-ring (bicyclic) bond motifs is 2. The average Bonchev–Trinajstić information content (AvgIpc) is 3.28. The van der Waals surface area contributed by atoms with Gasteiger partial charge < -0.3 is 30.8 Å². The number of nitrogens with one attached hydrogen (secondary N) is 4.